The van der Waals surface area contributed by atoms with E-state index in [1.54, 1.807) is 0 Å². The van der Waals surface area contributed by atoms with Gasteiger partial charge in [-0.15, -0.1) is 0 Å². The number of thioether (sulfide) groups is 1. The van der Waals surface area contributed by atoms with Gasteiger partial charge in [0.15, 0.2) is 5.78 Å². The molecule has 0 amide bonds. The van der Waals surface area contributed by atoms with Gasteiger partial charge in [0.1, 0.15) is 12.4 Å². The summed E-state index contributed by atoms with van der Waals surface area (Å²) in [5.74, 6) is -0.345. The summed E-state index contributed by atoms with van der Waals surface area (Å²) >= 11 is 0.912. The Hall–Kier alpha value is -3.60. The van der Waals surface area contributed by atoms with Crippen LogP contribution < -0.4 is 10.5 Å². The highest BCUT2D eigenvalue weighted by Gasteiger charge is 2.38. The highest BCUT2D eigenvalue weighted by molar-refractivity contribution is 8.04. The van der Waals surface area contributed by atoms with Crippen molar-refractivity contribution in [3.05, 3.63) is 85.9 Å². The molecule has 0 spiro atoms. The minimum absolute atomic E-state index is 0.00922. The molecule has 3 aromatic carbocycles. The van der Waals surface area contributed by atoms with Gasteiger partial charge in [-0.05, 0) is 52.4 Å². The predicted octanol–water partition coefficient (Wildman–Crippen LogP) is 5.93. The van der Waals surface area contributed by atoms with Crippen LogP contribution >= 0.6 is 11.8 Å². The number of fused-ring (bicyclic) bond motifs is 1. The first-order valence-corrected chi connectivity index (χ1v) is 10.7. The lowest BCUT2D eigenvalue weighted by Gasteiger charge is -2.15. The van der Waals surface area contributed by atoms with Crippen LogP contribution in [0.1, 0.15) is 27.5 Å². The minimum atomic E-state index is -4.61. The molecule has 0 radical (unpaired) electrons. The van der Waals surface area contributed by atoms with E-state index in [9.17, 15) is 32.5 Å². The number of halogens is 4. The largest absolute Gasteiger partial charge is 0.497 e. The van der Waals surface area contributed by atoms with Crippen LogP contribution in [0.4, 0.5) is 23.2 Å². The lowest BCUT2D eigenvalue weighted by Crippen LogP contribution is -2.10. The highest BCUT2D eigenvalue weighted by Crippen LogP contribution is 2.50. The Kier molecular flexibility index (Phi) is 5.98. The van der Waals surface area contributed by atoms with Gasteiger partial charge in [-0.3, -0.25) is 14.9 Å². The summed E-state index contributed by atoms with van der Waals surface area (Å²) in [6.45, 7) is -0.968. The zero-order valence-electron chi connectivity index (χ0n) is 17.5. The van der Waals surface area contributed by atoms with Gasteiger partial charge in [0, 0.05) is 6.07 Å². The standard InChI is InChI=1S/C23H16F4N2O4S/c1-33-14-8-16-15(5-11(10-24)6-18(16)29(31)32)17(9-14)21-20(30)19(22(28)34-21)12-3-2-4-13(7-12)23(25,26)27/h2-9,21H,10,28H2,1H3. The van der Waals surface area contributed by atoms with Gasteiger partial charge in [-0.2, -0.15) is 13.2 Å². The maximum Gasteiger partial charge on any atom is 0.416 e. The molecule has 4 rings (SSSR count). The fourth-order valence-corrected chi connectivity index (χ4v) is 5.03. The van der Waals surface area contributed by atoms with Crippen LogP contribution in [0.5, 0.6) is 5.75 Å². The van der Waals surface area contributed by atoms with E-state index in [-0.39, 0.29) is 49.5 Å². The molecule has 1 aliphatic heterocycles. The molecule has 176 valence electrons. The fourth-order valence-electron chi connectivity index (χ4n) is 3.90. The molecule has 6 nitrogen and oxygen atoms in total. The third kappa shape index (κ3) is 4.07. The molecule has 34 heavy (non-hydrogen) atoms. The Labute approximate surface area is 194 Å². The van der Waals surface area contributed by atoms with Crippen LogP contribution in [0.15, 0.2) is 53.6 Å². The van der Waals surface area contributed by atoms with Crippen LogP contribution in [0, 0.1) is 10.1 Å². The lowest BCUT2D eigenvalue weighted by atomic mass is 9.92. The van der Waals surface area contributed by atoms with Gasteiger partial charge in [0.2, 0.25) is 0 Å². The number of Topliss-reactive ketones (excluding diaryl/α,β-unsaturated/α-hetero) is 1. The first-order chi connectivity index (χ1) is 16.0. The van der Waals surface area contributed by atoms with Crippen LogP contribution in [-0.2, 0) is 17.6 Å². The maximum absolute atomic E-state index is 13.5. The van der Waals surface area contributed by atoms with E-state index in [1.165, 1.54) is 37.4 Å². The molecule has 3 aromatic rings. The molecule has 2 N–H and O–H groups in total. The third-order valence-corrected chi connectivity index (χ3v) is 6.60. The molecule has 1 atom stereocenters. The summed E-state index contributed by atoms with van der Waals surface area (Å²) in [6, 6.07) is 9.69. The molecular formula is C23H16F4N2O4S. The number of methoxy groups -OCH3 is 1. The van der Waals surface area contributed by atoms with E-state index in [0.717, 1.165) is 30.0 Å². The molecular weight excluding hydrogens is 476 g/mol. The monoisotopic (exact) mass is 492 g/mol. The Morgan fingerprint density at radius 2 is 1.88 bits per heavy atom. The van der Waals surface area contributed by atoms with E-state index >= 15 is 0 Å². The number of ketones is 1. The SMILES string of the molecule is COc1cc(C2SC(N)=C(c3cccc(C(F)(F)F)c3)C2=O)c2cc(CF)cc([N+](=O)[O-])c2c1. The number of nitro groups is 1. The topological polar surface area (TPSA) is 95.5 Å². The van der Waals surface area contributed by atoms with Crippen molar-refractivity contribution in [1.29, 1.82) is 0 Å². The molecule has 11 heteroatoms. The molecule has 0 bridgehead atoms. The normalized spacial score (nSPS) is 16.4. The van der Waals surface area contributed by atoms with Crippen molar-refractivity contribution in [2.24, 2.45) is 5.73 Å². The number of nitro benzene ring substituents is 1. The van der Waals surface area contributed by atoms with E-state index < -0.39 is 34.4 Å². The number of allylic oxidation sites excluding steroid dienone is 1. The van der Waals surface area contributed by atoms with Crippen LogP contribution in [0.3, 0.4) is 0 Å². The Balaban J connectivity index is 1.88. The third-order valence-electron chi connectivity index (χ3n) is 5.44. The minimum Gasteiger partial charge on any atom is -0.497 e. The van der Waals surface area contributed by atoms with Crippen molar-refractivity contribution in [2.75, 3.05) is 7.11 Å². The molecule has 0 fully saturated rings. The number of non-ortho nitro benzene ring substituents is 1. The first kappa shape index (κ1) is 23.6. The van der Waals surface area contributed by atoms with Crippen molar-refractivity contribution in [3.8, 4) is 5.75 Å². The number of nitrogens with zero attached hydrogens (tertiary/aromatic N) is 1. The summed E-state index contributed by atoms with van der Waals surface area (Å²) < 4.78 is 58.3. The molecule has 0 aliphatic carbocycles. The number of hydrogen-bond acceptors (Lipinski definition) is 6. The van der Waals surface area contributed by atoms with Gasteiger partial charge in [-0.25, -0.2) is 4.39 Å². The molecule has 0 saturated heterocycles. The van der Waals surface area contributed by atoms with Crippen molar-refractivity contribution in [3.63, 3.8) is 0 Å². The molecule has 0 aromatic heterocycles. The van der Waals surface area contributed by atoms with Crippen molar-refractivity contribution < 1.29 is 32.0 Å². The van der Waals surface area contributed by atoms with Crippen molar-refractivity contribution >= 4 is 39.6 Å². The second kappa shape index (κ2) is 8.64. The number of ether oxygens (including phenoxy) is 1. The van der Waals surface area contributed by atoms with Crippen molar-refractivity contribution in [2.45, 2.75) is 18.1 Å². The molecule has 0 saturated carbocycles. The number of alkyl halides is 4. The zero-order valence-corrected chi connectivity index (χ0v) is 18.3. The molecule has 1 aliphatic rings. The number of carbonyl (C=O) groups is 1. The second-order valence-electron chi connectivity index (χ2n) is 7.50. The average molecular weight is 492 g/mol. The fraction of sp³-hybridized carbons (Fsp3) is 0.174. The van der Waals surface area contributed by atoms with Crippen LogP contribution in [0.2, 0.25) is 0 Å². The summed E-state index contributed by atoms with van der Waals surface area (Å²) in [5, 5.41) is 11.0. The highest BCUT2D eigenvalue weighted by atomic mass is 32.2. The maximum atomic E-state index is 13.5. The average Bonchev–Trinajstić information content (AvgIpc) is 3.10. The summed E-state index contributed by atoms with van der Waals surface area (Å²) in [5.41, 5.74) is 5.05. The quantitative estimate of drug-likeness (QED) is 0.270. The number of hydrogen-bond donors (Lipinski definition) is 1. The smallest absolute Gasteiger partial charge is 0.416 e. The number of benzene rings is 3. The van der Waals surface area contributed by atoms with Gasteiger partial charge in [0.25, 0.3) is 5.69 Å². The van der Waals surface area contributed by atoms with Gasteiger partial charge < -0.3 is 10.5 Å². The first-order valence-electron chi connectivity index (χ1n) is 9.78. The van der Waals surface area contributed by atoms with Gasteiger partial charge >= 0.3 is 6.18 Å². The van der Waals surface area contributed by atoms with E-state index in [1.807, 2.05) is 0 Å². The Bertz CT molecular complexity index is 1370. The summed E-state index contributed by atoms with van der Waals surface area (Å²) in [6.07, 6.45) is -4.61. The Morgan fingerprint density at radius 3 is 2.50 bits per heavy atom. The second-order valence-corrected chi connectivity index (χ2v) is 8.64. The van der Waals surface area contributed by atoms with Gasteiger partial charge in [-0.1, -0.05) is 23.9 Å². The Morgan fingerprint density at radius 1 is 1.15 bits per heavy atom. The summed E-state index contributed by atoms with van der Waals surface area (Å²) in [7, 11) is 1.34. The van der Waals surface area contributed by atoms with Crippen molar-refractivity contribution in [1.82, 2.24) is 0 Å². The van der Waals surface area contributed by atoms with Gasteiger partial charge in [0.05, 0.1) is 38.8 Å². The number of nitrogens with two attached hydrogens (primary N) is 1. The van der Waals surface area contributed by atoms with E-state index in [4.69, 9.17) is 10.5 Å². The molecule has 1 heterocycles. The van der Waals surface area contributed by atoms with Crippen LogP contribution in [-0.4, -0.2) is 17.8 Å². The van der Waals surface area contributed by atoms with Crippen LogP contribution in [0.25, 0.3) is 16.3 Å². The van der Waals surface area contributed by atoms with E-state index in [0.29, 0.717) is 0 Å². The predicted molar refractivity (Wildman–Crippen MR) is 120 cm³/mol. The number of carbonyl (C=O) groups excluding carboxylic acids is 1. The number of rotatable bonds is 5. The summed E-state index contributed by atoms with van der Waals surface area (Å²) in [4.78, 5) is 24.4. The lowest BCUT2D eigenvalue weighted by molar-refractivity contribution is -0.383. The zero-order chi connectivity index (χ0) is 24.8. The molecule has 1 unspecified atom stereocenters. The van der Waals surface area contributed by atoms with E-state index in [2.05, 4.69) is 0 Å².